The quantitative estimate of drug-likeness (QED) is 0.795. The number of carbonyl (C=O) groups excluding carboxylic acids is 1. The van der Waals surface area contributed by atoms with Gasteiger partial charge in [0.1, 0.15) is 5.82 Å². The number of likely N-dealkylation sites (tertiary alicyclic amines) is 1. The molecule has 1 aromatic carbocycles. The van der Waals surface area contributed by atoms with Crippen molar-refractivity contribution in [3.8, 4) is 0 Å². The molecule has 0 unspecified atom stereocenters. The number of para-hydroxylation sites is 2. The van der Waals surface area contributed by atoms with Crippen molar-refractivity contribution in [1.29, 1.82) is 0 Å². The van der Waals surface area contributed by atoms with Crippen molar-refractivity contribution in [1.82, 2.24) is 14.5 Å². The number of aromatic nitrogens is 2. The highest BCUT2D eigenvalue weighted by Gasteiger charge is 2.46. The second-order valence-corrected chi connectivity index (χ2v) is 6.09. The Labute approximate surface area is 135 Å². The van der Waals surface area contributed by atoms with Crippen LogP contribution in [0.4, 0.5) is 4.39 Å². The largest absolute Gasteiger partial charge is 0.467 e. The number of fused-ring (bicyclic) bond motifs is 1. The summed E-state index contributed by atoms with van der Waals surface area (Å²) in [5, 5.41) is 0. The molecular weight excluding hydrogens is 297 g/mol. The zero-order valence-corrected chi connectivity index (χ0v) is 13.6. The van der Waals surface area contributed by atoms with Crippen LogP contribution in [-0.2, 0) is 22.6 Å². The number of esters is 1. The SMILES string of the molecule is CCCn1c(CN2CC[C@](F)(C(=O)OC)C2)nc2ccccc21. The normalized spacial score (nSPS) is 21.9. The van der Waals surface area contributed by atoms with Gasteiger partial charge in [-0.2, -0.15) is 0 Å². The third-order valence-electron chi connectivity index (χ3n) is 4.40. The van der Waals surface area contributed by atoms with Crippen molar-refractivity contribution >= 4 is 17.0 Å². The van der Waals surface area contributed by atoms with Crippen molar-refractivity contribution < 1.29 is 13.9 Å². The van der Waals surface area contributed by atoms with Crippen LogP contribution in [0.15, 0.2) is 24.3 Å². The van der Waals surface area contributed by atoms with E-state index in [4.69, 9.17) is 4.98 Å². The minimum absolute atomic E-state index is 0.0645. The van der Waals surface area contributed by atoms with Crippen molar-refractivity contribution in [3.05, 3.63) is 30.1 Å². The lowest BCUT2D eigenvalue weighted by molar-refractivity contribution is -0.153. The van der Waals surface area contributed by atoms with Gasteiger partial charge in [0.15, 0.2) is 0 Å². The van der Waals surface area contributed by atoms with Crippen LogP contribution >= 0.6 is 0 Å². The zero-order chi connectivity index (χ0) is 16.4. The van der Waals surface area contributed by atoms with Crippen LogP contribution in [0.1, 0.15) is 25.6 Å². The average molecular weight is 319 g/mol. The van der Waals surface area contributed by atoms with Gasteiger partial charge in [0.05, 0.1) is 24.7 Å². The van der Waals surface area contributed by atoms with E-state index in [9.17, 15) is 9.18 Å². The Balaban J connectivity index is 1.82. The van der Waals surface area contributed by atoms with Crippen LogP contribution in [0, 0.1) is 0 Å². The molecule has 2 heterocycles. The highest BCUT2D eigenvalue weighted by Crippen LogP contribution is 2.28. The molecule has 0 amide bonds. The number of nitrogens with zero attached hydrogens (tertiary/aromatic N) is 3. The number of ether oxygens (including phenoxy) is 1. The first-order valence-electron chi connectivity index (χ1n) is 8.01. The number of imidazole rings is 1. The van der Waals surface area contributed by atoms with Crippen LogP contribution < -0.4 is 0 Å². The predicted octanol–water partition coefficient (Wildman–Crippen LogP) is 2.53. The summed E-state index contributed by atoms with van der Waals surface area (Å²) in [4.78, 5) is 18.2. The maximum Gasteiger partial charge on any atom is 0.345 e. The molecule has 124 valence electrons. The zero-order valence-electron chi connectivity index (χ0n) is 13.6. The molecule has 0 N–H and O–H groups in total. The molecule has 0 bridgehead atoms. The second-order valence-electron chi connectivity index (χ2n) is 6.09. The topological polar surface area (TPSA) is 47.4 Å². The van der Waals surface area contributed by atoms with E-state index in [-0.39, 0.29) is 13.0 Å². The summed E-state index contributed by atoms with van der Waals surface area (Å²) < 4.78 is 21.3. The summed E-state index contributed by atoms with van der Waals surface area (Å²) in [7, 11) is 1.23. The molecule has 6 heteroatoms. The summed E-state index contributed by atoms with van der Waals surface area (Å²) in [6, 6.07) is 8.01. The molecule has 3 rings (SSSR count). The first-order chi connectivity index (χ1) is 11.1. The Morgan fingerprint density at radius 2 is 2.22 bits per heavy atom. The summed E-state index contributed by atoms with van der Waals surface area (Å²) in [6.45, 7) is 4.13. The van der Waals surface area contributed by atoms with Gasteiger partial charge in [-0.1, -0.05) is 19.1 Å². The molecular formula is C17H22FN3O2. The molecule has 1 aromatic heterocycles. The standard InChI is InChI=1S/C17H22FN3O2/c1-3-9-21-14-7-5-4-6-13(14)19-15(21)11-20-10-8-17(18,12-20)16(22)23-2/h4-7H,3,8-12H2,1-2H3/t17-/m1/s1. The van der Waals surface area contributed by atoms with Gasteiger partial charge in [-0.25, -0.2) is 14.2 Å². The monoisotopic (exact) mass is 319 g/mol. The predicted molar refractivity (Wildman–Crippen MR) is 85.8 cm³/mol. The van der Waals surface area contributed by atoms with E-state index >= 15 is 0 Å². The number of carbonyl (C=O) groups is 1. The Morgan fingerprint density at radius 3 is 2.96 bits per heavy atom. The number of methoxy groups -OCH3 is 1. The van der Waals surface area contributed by atoms with Crippen molar-refractivity contribution in [2.45, 2.75) is 38.5 Å². The first-order valence-corrected chi connectivity index (χ1v) is 8.01. The average Bonchev–Trinajstić information content (AvgIpc) is 3.10. The van der Waals surface area contributed by atoms with E-state index in [0.29, 0.717) is 13.1 Å². The lowest BCUT2D eigenvalue weighted by Crippen LogP contribution is -2.38. The molecule has 0 radical (unpaired) electrons. The molecule has 1 atom stereocenters. The van der Waals surface area contributed by atoms with Crippen molar-refractivity contribution in [2.24, 2.45) is 0 Å². The maximum absolute atomic E-state index is 14.6. The van der Waals surface area contributed by atoms with Gasteiger partial charge in [0.25, 0.3) is 0 Å². The van der Waals surface area contributed by atoms with Crippen molar-refractivity contribution in [3.63, 3.8) is 0 Å². The highest BCUT2D eigenvalue weighted by atomic mass is 19.1. The van der Waals surface area contributed by atoms with E-state index in [2.05, 4.69) is 22.3 Å². The smallest absolute Gasteiger partial charge is 0.345 e. The van der Waals surface area contributed by atoms with Crippen molar-refractivity contribution in [2.75, 3.05) is 20.2 Å². The van der Waals surface area contributed by atoms with Gasteiger partial charge in [0, 0.05) is 26.1 Å². The number of benzene rings is 1. The molecule has 0 spiro atoms. The maximum atomic E-state index is 14.6. The van der Waals surface area contributed by atoms with Gasteiger partial charge in [-0.3, -0.25) is 4.90 Å². The van der Waals surface area contributed by atoms with Crippen LogP contribution in [-0.4, -0.2) is 46.3 Å². The second kappa shape index (κ2) is 6.28. The first kappa shape index (κ1) is 15.9. The molecule has 0 aliphatic carbocycles. The fourth-order valence-electron chi connectivity index (χ4n) is 3.25. The molecule has 23 heavy (non-hydrogen) atoms. The Hall–Kier alpha value is -1.95. The highest BCUT2D eigenvalue weighted by molar-refractivity contribution is 5.80. The minimum atomic E-state index is -1.89. The van der Waals surface area contributed by atoms with Crippen LogP contribution in [0.2, 0.25) is 0 Å². The Morgan fingerprint density at radius 1 is 1.43 bits per heavy atom. The molecule has 1 saturated heterocycles. The Kier molecular flexibility index (Phi) is 4.35. The molecule has 2 aromatic rings. The minimum Gasteiger partial charge on any atom is -0.467 e. The molecule has 1 aliphatic heterocycles. The third-order valence-corrected chi connectivity index (χ3v) is 4.40. The fourth-order valence-corrected chi connectivity index (χ4v) is 3.25. The molecule has 5 nitrogen and oxygen atoms in total. The van der Waals surface area contributed by atoms with Gasteiger partial charge in [-0.05, 0) is 18.6 Å². The molecule has 1 fully saturated rings. The summed E-state index contributed by atoms with van der Waals surface area (Å²) in [5.41, 5.74) is 0.161. The third kappa shape index (κ3) is 2.95. The number of rotatable bonds is 5. The summed E-state index contributed by atoms with van der Waals surface area (Å²) >= 11 is 0. The van der Waals surface area contributed by atoms with Gasteiger partial charge < -0.3 is 9.30 Å². The van der Waals surface area contributed by atoms with E-state index in [1.54, 1.807) is 0 Å². The van der Waals surface area contributed by atoms with E-state index in [0.717, 1.165) is 29.8 Å². The summed E-state index contributed by atoms with van der Waals surface area (Å²) in [6.07, 6.45) is 1.18. The number of hydrogen-bond donors (Lipinski definition) is 0. The van der Waals surface area contributed by atoms with Gasteiger partial charge in [0.2, 0.25) is 5.67 Å². The lowest BCUT2D eigenvalue weighted by atomic mass is 10.1. The number of aryl methyl sites for hydroxylation is 1. The van der Waals surface area contributed by atoms with Crippen LogP contribution in [0.25, 0.3) is 11.0 Å². The fraction of sp³-hybridized carbons (Fsp3) is 0.529. The number of alkyl halides is 1. The van der Waals surface area contributed by atoms with Crippen LogP contribution in [0.3, 0.4) is 0 Å². The van der Waals surface area contributed by atoms with Gasteiger partial charge >= 0.3 is 5.97 Å². The number of halogens is 1. The Bertz CT molecular complexity index is 715. The van der Waals surface area contributed by atoms with Gasteiger partial charge in [-0.15, -0.1) is 0 Å². The molecule has 0 saturated carbocycles. The number of hydrogen-bond acceptors (Lipinski definition) is 4. The molecule has 1 aliphatic rings. The van der Waals surface area contributed by atoms with E-state index in [1.807, 2.05) is 23.1 Å². The summed E-state index contributed by atoms with van der Waals surface area (Å²) in [5.74, 6) is 0.143. The van der Waals surface area contributed by atoms with Crippen LogP contribution in [0.5, 0.6) is 0 Å². The van der Waals surface area contributed by atoms with E-state index < -0.39 is 11.6 Å². The lowest BCUT2D eigenvalue weighted by Gasteiger charge is -2.19. The van der Waals surface area contributed by atoms with E-state index in [1.165, 1.54) is 7.11 Å².